The molecule has 0 atom stereocenters. The Morgan fingerprint density at radius 2 is 0.586 bits per heavy atom. The lowest BCUT2D eigenvalue weighted by atomic mass is 9.79. The second-order valence-electron chi connectivity index (χ2n) is 14.3. The lowest BCUT2D eigenvalue weighted by Gasteiger charge is -2.24. The van der Waals surface area contributed by atoms with Gasteiger partial charge < -0.3 is 0 Å². The van der Waals surface area contributed by atoms with Gasteiger partial charge in [-0.25, -0.2) is 15.0 Å². The number of fused-ring (bicyclic) bond motifs is 1. The van der Waals surface area contributed by atoms with Gasteiger partial charge in [-0.15, -0.1) is 0 Å². The van der Waals surface area contributed by atoms with Crippen LogP contribution >= 0.6 is 0 Å². The zero-order valence-corrected chi connectivity index (χ0v) is 31.7. The Labute approximate surface area is 338 Å². The molecule has 0 spiro atoms. The van der Waals surface area contributed by atoms with Crippen molar-refractivity contribution in [2.45, 2.75) is 0 Å². The third kappa shape index (κ3) is 6.65. The van der Waals surface area contributed by atoms with Crippen molar-refractivity contribution >= 4 is 10.8 Å². The second-order valence-corrected chi connectivity index (χ2v) is 14.3. The molecule has 3 nitrogen and oxygen atoms in total. The fourth-order valence-corrected chi connectivity index (χ4v) is 8.02. The van der Waals surface area contributed by atoms with Crippen LogP contribution < -0.4 is 0 Å². The van der Waals surface area contributed by atoms with Gasteiger partial charge in [-0.3, -0.25) is 0 Å². The molecule has 0 aliphatic heterocycles. The summed E-state index contributed by atoms with van der Waals surface area (Å²) in [5.41, 5.74) is 14.5. The van der Waals surface area contributed by atoms with E-state index in [1.165, 1.54) is 27.8 Å². The summed E-state index contributed by atoms with van der Waals surface area (Å²) in [6, 6.07) is 79.1. The van der Waals surface area contributed by atoms with Gasteiger partial charge in [0, 0.05) is 16.7 Å². The Morgan fingerprint density at radius 3 is 1.12 bits per heavy atom. The minimum atomic E-state index is 0.626. The average molecular weight is 740 g/mol. The summed E-state index contributed by atoms with van der Waals surface area (Å²) in [6.45, 7) is 0. The van der Waals surface area contributed by atoms with Gasteiger partial charge in [0.05, 0.1) is 0 Å². The maximum atomic E-state index is 5.15. The Balaban J connectivity index is 1.20. The van der Waals surface area contributed by atoms with Crippen LogP contribution in [0.3, 0.4) is 0 Å². The van der Waals surface area contributed by atoms with E-state index < -0.39 is 0 Å². The molecule has 1 aromatic heterocycles. The summed E-state index contributed by atoms with van der Waals surface area (Å²) in [4.78, 5) is 15.3. The standard InChI is InChI=1S/C55H37N3/c1-6-19-39(20-7-1)48-37-49(51(42-24-10-3-11-25-42)52(43-26-12-4-13-27-43)50(48)41-22-8-2-9-23-41)40-33-35-45(36-34-40)54-56-53(44-28-14-5-15-29-44)57-55(58-54)47-32-18-30-38-21-16-17-31-46(38)47/h1-37H. The maximum Gasteiger partial charge on any atom is 0.164 e. The molecular weight excluding hydrogens is 703 g/mol. The largest absolute Gasteiger partial charge is 0.208 e. The van der Waals surface area contributed by atoms with Crippen LogP contribution in [0, 0.1) is 0 Å². The Bertz CT molecular complexity index is 3000. The van der Waals surface area contributed by atoms with E-state index in [9.17, 15) is 0 Å². The Kier molecular flexibility index (Phi) is 9.23. The molecule has 0 amide bonds. The average Bonchev–Trinajstić information content (AvgIpc) is 3.32. The zero-order valence-electron chi connectivity index (χ0n) is 31.7. The summed E-state index contributed by atoms with van der Waals surface area (Å²) in [6.07, 6.45) is 0. The van der Waals surface area contributed by atoms with Gasteiger partial charge in [0.1, 0.15) is 0 Å². The molecule has 0 aliphatic carbocycles. The second kappa shape index (κ2) is 15.4. The predicted molar refractivity (Wildman–Crippen MR) is 241 cm³/mol. The topological polar surface area (TPSA) is 38.7 Å². The summed E-state index contributed by atoms with van der Waals surface area (Å²) < 4.78 is 0. The number of benzene rings is 9. The van der Waals surface area contributed by atoms with Crippen molar-refractivity contribution < 1.29 is 0 Å². The minimum Gasteiger partial charge on any atom is -0.208 e. The van der Waals surface area contributed by atoms with Crippen molar-refractivity contribution in [3.63, 3.8) is 0 Å². The van der Waals surface area contributed by atoms with Crippen molar-refractivity contribution in [2.75, 3.05) is 0 Å². The van der Waals surface area contributed by atoms with Crippen molar-refractivity contribution in [3.8, 4) is 89.8 Å². The van der Waals surface area contributed by atoms with E-state index in [0.29, 0.717) is 17.5 Å². The fraction of sp³-hybridized carbons (Fsp3) is 0. The smallest absolute Gasteiger partial charge is 0.164 e. The first kappa shape index (κ1) is 34.7. The molecule has 9 aromatic carbocycles. The van der Waals surface area contributed by atoms with E-state index in [0.717, 1.165) is 55.3 Å². The minimum absolute atomic E-state index is 0.626. The molecule has 0 aliphatic rings. The maximum absolute atomic E-state index is 5.15. The van der Waals surface area contributed by atoms with Gasteiger partial charge in [0.25, 0.3) is 0 Å². The molecule has 3 heteroatoms. The normalized spacial score (nSPS) is 11.1. The van der Waals surface area contributed by atoms with Crippen LogP contribution in [0.5, 0.6) is 0 Å². The van der Waals surface area contributed by atoms with Crippen LogP contribution in [0.2, 0.25) is 0 Å². The van der Waals surface area contributed by atoms with Gasteiger partial charge in [0.2, 0.25) is 0 Å². The Hall–Kier alpha value is -7.75. The molecule has 0 unspecified atom stereocenters. The highest BCUT2D eigenvalue weighted by Gasteiger charge is 2.24. The molecule has 0 radical (unpaired) electrons. The molecule has 0 bridgehead atoms. The Morgan fingerprint density at radius 1 is 0.224 bits per heavy atom. The van der Waals surface area contributed by atoms with E-state index in [4.69, 9.17) is 15.0 Å². The highest BCUT2D eigenvalue weighted by atomic mass is 15.0. The van der Waals surface area contributed by atoms with E-state index in [1.54, 1.807) is 0 Å². The number of rotatable bonds is 8. The van der Waals surface area contributed by atoms with Gasteiger partial charge in [-0.2, -0.15) is 0 Å². The third-order valence-electron chi connectivity index (χ3n) is 10.8. The van der Waals surface area contributed by atoms with Gasteiger partial charge >= 0.3 is 0 Å². The van der Waals surface area contributed by atoms with Crippen molar-refractivity contribution in [1.82, 2.24) is 15.0 Å². The molecule has 58 heavy (non-hydrogen) atoms. The van der Waals surface area contributed by atoms with Crippen LogP contribution in [-0.4, -0.2) is 15.0 Å². The molecule has 0 saturated carbocycles. The molecule has 0 saturated heterocycles. The molecule has 10 aromatic rings. The molecular formula is C55H37N3. The van der Waals surface area contributed by atoms with Crippen molar-refractivity contribution in [2.24, 2.45) is 0 Å². The summed E-state index contributed by atoms with van der Waals surface area (Å²) >= 11 is 0. The van der Waals surface area contributed by atoms with E-state index in [-0.39, 0.29) is 0 Å². The highest BCUT2D eigenvalue weighted by Crippen LogP contribution is 2.50. The van der Waals surface area contributed by atoms with Gasteiger partial charge in [0.15, 0.2) is 17.5 Å². The van der Waals surface area contributed by atoms with Crippen LogP contribution in [-0.2, 0) is 0 Å². The zero-order chi connectivity index (χ0) is 38.7. The van der Waals surface area contributed by atoms with Crippen LogP contribution in [0.25, 0.3) is 101 Å². The molecule has 272 valence electrons. The lowest BCUT2D eigenvalue weighted by Crippen LogP contribution is -2.00. The van der Waals surface area contributed by atoms with Gasteiger partial charge in [-0.1, -0.05) is 218 Å². The van der Waals surface area contributed by atoms with Crippen LogP contribution in [0.4, 0.5) is 0 Å². The van der Waals surface area contributed by atoms with Gasteiger partial charge in [-0.05, 0) is 72.5 Å². The first-order valence-electron chi connectivity index (χ1n) is 19.6. The monoisotopic (exact) mass is 739 g/mol. The summed E-state index contributed by atoms with van der Waals surface area (Å²) in [5.74, 6) is 1.91. The quantitative estimate of drug-likeness (QED) is 0.156. The SMILES string of the molecule is c1ccc(-c2nc(-c3ccc(-c4cc(-c5ccccc5)c(-c5ccccc5)c(-c5ccccc5)c4-c4ccccc4)cc3)nc(-c3cccc4ccccc34)n2)cc1. The van der Waals surface area contributed by atoms with E-state index in [2.05, 4.69) is 194 Å². The molecule has 0 fully saturated rings. The number of hydrogen-bond donors (Lipinski definition) is 0. The number of hydrogen-bond acceptors (Lipinski definition) is 3. The third-order valence-corrected chi connectivity index (χ3v) is 10.8. The molecule has 10 rings (SSSR count). The van der Waals surface area contributed by atoms with Crippen LogP contribution in [0.1, 0.15) is 0 Å². The van der Waals surface area contributed by atoms with E-state index >= 15 is 0 Å². The summed E-state index contributed by atoms with van der Waals surface area (Å²) in [7, 11) is 0. The van der Waals surface area contributed by atoms with E-state index in [1.807, 2.05) is 30.3 Å². The number of aromatic nitrogens is 3. The fourth-order valence-electron chi connectivity index (χ4n) is 8.02. The first-order chi connectivity index (χ1) is 28.8. The number of nitrogens with zero attached hydrogens (tertiary/aromatic N) is 3. The molecule has 1 heterocycles. The predicted octanol–water partition coefficient (Wildman–Crippen LogP) is 14.4. The first-order valence-corrected chi connectivity index (χ1v) is 19.6. The molecule has 0 N–H and O–H groups in total. The lowest BCUT2D eigenvalue weighted by molar-refractivity contribution is 1.08. The van der Waals surface area contributed by atoms with Crippen molar-refractivity contribution in [3.05, 3.63) is 224 Å². The summed E-state index contributed by atoms with van der Waals surface area (Å²) in [5, 5.41) is 2.25. The van der Waals surface area contributed by atoms with Crippen molar-refractivity contribution in [1.29, 1.82) is 0 Å². The highest BCUT2D eigenvalue weighted by molar-refractivity contribution is 6.07. The van der Waals surface area contributed by atoms with Crippen LogP contribution in [0.15, 0.2) is 224 Å².